The predicted molar refractivity (Wildman–Crippen MR) is 203 cm³/mol. The van der Waals surface area contributed by atoms with Crippen molar-refractivity contribution in [1.82, 2.24) is 30.4 Å². The van der Waals surface area contributed by atoms with Gasteiger partial charge in [0.2, 0.25) is 23.6 Å². The molecule has 0 spiro atoms. The average Bonchev–Trinajstić information content (AvgIpc) is 3.66. The summed E-state index contributed by atoms with van der Waals surface area (Å²) in [7, 11) is 3.32. The quantitative estimate of drug-likeness (QED) is 0.210. The Balaban J connectivity index is 0.000000164. The van der Waals surface area contributed by atoms with Gasteiger partial charge in [-0.3, -0.25) is 19.2 Å². The van der Waals surface area contributed by atoms with Gasteiger partial charge in [-0.1, -0.05) is 27.7 Å². The number of H-pyrrole nitrogens is 2. The normalized spacial score (nSPS) is 25.0. The second-order valence-electron chi connectivity index (χ2n) is 16.0. The lowest BCUT2D eigenvalue weighted by Crippen LogP contribution is -2.65. The van der Waals surface area contributed by atoms with Gasteiger partial charge in [0.25, 0.3) is 0 Å². The van der Waals surface area contributed by atoms with E-state index < -0.39 is 24.2 Å². The van der Waals surface area contributed by atoms with Crippen LogP contribution < -0.4 is 20.1 Å². The molecule has 2 saturated heterocycles. The highest BCUT2D eigenvalue weighted by Gasteiger charge is 2.49. The number of carbonyl (C=O) groups excluding carboxylic acids is 4. The van der Waals surface area contributed by atoms with Crippen molar-refractivity contribution in [2.75, 3.05) is 14.2 Å². The Hall–Kier alpha value is -5.00. The van der Waals surface area contributed by atoms with Gasteiger partial charge in [0, 0.05) is 58.2 Å². The molecular formula is C41H52N6O6. The van der Waals surface area contributed by atoms with Crippen LogP contribution in [0.1, 0.15) is 94.5 Å². The third-order valence-electron chi connectivity index (χ3n) is 11.4. The molecule has 4 aliphatic rings. The number of amides is 4. The number of fused-ring (bicyclic) bond motifs is 8. The predicted octanol–water partition coefficient (Wildman–Crippen LogP) is 5.38. The number of methoxy groups -OCH3 is 2. The third-order valence-corrected chi connectivity index (χ3v) is 11.4. The van der Waals surface area contributed by atoms with E-state index >= 15 is 0 Å². The Morgan fingerprint density at radius 3 is 1.66 bits per heavy atom. The van der Waals surface area contributed by atoms with Crippen LogP contribution in [0, 0.1) is 18.8 Å². The van der Waals surface area contributed by atoms with E-state index in [2.05, 4.69) is 54.4 Å². The summed E-state index contributed by atoms with van der Waals surface area (Å²) in [5, 5.41) is 7.90. The Bertz CT molecular complexity index is 2110. The zero-order valence-electron chi connectivity index (χ0n) is 32.2. The number of rotatable bonds is 6. The van der Waals surface area contributed by atoms with Crippen LogP contribution in [0.15, 0.2) is 30.3 Å². The van der Waals surface area contributed by atoms with Crippen molar-refractivity contribution in [3.8, 4) is 11.5 Å². The van der Waals surface area contributed by atoms with Crippen molar-refractivity contribution >= 4 is 45.4 Å². The molecule has 0 radical (unpaired) electrons. The van der Waals surface area contributed by atoms with Crippen LogP contribution in [0.2, 0.25) is 0 Å². The summed E-state index contributed by atoms with van der Waals surface area (Å²) in [4.78, 5) is 61.9. The molecule has 2 fully saturated rings. The number of nitrogens with one attached hydrogen (secondary N) is 4. The minimum atomic E-state index is -0.475. The fourth-order valence-corrected chi connectivity index (χ4v) is 8.91. The zero-order chi connectivity index (χ0) is 38.0. The molecule has 2 aromatic heterocycles. The van der Waals surface area contributed by atoms with Crippen molar-refractivity contribution in [1.29, 1.82) is 0 Å². The molecule has 2 aromatic carbocycles. The summed E-state index contributed by atoms with van der Waals surface area (Å²) in [6, 6.07) is 8.05. The van der Waals surface area contributed by atoms with E-state index in [1.165, 1.54) is 0 Å². The number of ether oxygens (including phenoxy) is 2. The molecule has 53 heavy (non-hydrogen) atoms. The van der Waals surface area contributed by atoms with E-state index in [9.17, 15) is 19.2 Å². The molecule has 0 aliphatic carbocycles. The van der Waals surface area contributed by atoms with Crippen LogP contribution in [0.3, 0.4) is 0 Å². The number of aromatic amines is 2. The molecule has 0 bridgehead atoms. The largest absolute Gasteiger partial charge is 0.497 e. The van der Waals surface area contributed by atoms with Crippen LogP contribution >= 0.6 is 0 Å². The monoisotopic (exact) mass is 724 g/mol. The molecule has 6 heterocycles. The minimum Gasteiger partial charge on any atom is -0.497 e. The van der Waals surface area contributed by atoms with Crippen LogP contribution in [0.25, 0.3) is 21.8 Å². The Labute approximate surface area is 310 Å². The van der Waals surface area contributed by atoms with Gasteiger partial charge >= 0.3 is 0 Å². The Morgan fingerprint density at radius 1 is 0.698 bits per heavy atom. The SMILES string of the molecule is COc1cc2[nH]c3c(c2cc1C)C[C@H]1C(=O)N[C@@H](C)C(=O)N1[C@H]3CC(C)C.COc1ccc2c3c([nH]c2c1)[C@H](CC(C)C)N1C(=O)[C@H](C)NC(=O)[C@@H]1C3. The first-order valence-corrected chi connectivity index (χ1v) is 18.8. The molecule has 12 heteroatoms. The standard InChI is InChI=1S/C21H27N3O3.C20H25N3O3/c1-10(2)6-16-19-14(8-17-20(25)22-12(4)21(26)24(16)17)13-7-11(3)18(27-5)9-15(13)23-19;1-10(2)7-16-18-14(13-6-5-12(26-4)8-15(13)22-18)9-17-19(24)21-11(3)20(25)23(16)17/h7,9-10,12,16-17,23H,6,8H2,1-5H3,(H,22,25);5-6,8,10-11,16-17,22H,7,9H2,1-4H3,(H,21,24)/t12-,16-,17-;11-,16-,17-/m00/s1. The highest BCUT2D eigenvalue weighted by molar-refractivity contribution is 6.00. The van der Waals surface area contributed by atoms with Crippen LogP contribution in [-0.2, 0) is 32.0 Å². The molecule has 8 rings (SSSR count). The summed E-state index contributed by atoms with van der Waals surface area (Å²) >= 11 is 0. The fourth-order valence-electron chi connectivity index (χ4n) is 8.91. The van der Waals surface area contributed by atoms with Gasteiger partial charge in [-0.05, 0) is 80.3 Å². The highest BCUT2D eigenvalue weighted by Crippen LogP contribution is 2.44. The van der Waals surface area contributed by atoms with E-state index in [1.807, 2.05) is 41.0 Å². The smallest absolute Gasteiger partial charge is 0.246 e. The summed E-state index contributed by atoms with van der Waals surface area (Å²) < 4.78 is 10.8. The number of aryl methyl sites for hydroxylation is 1. The van der Waals surface area contributed by atoms with Gasteiger partial charge in [-0.15, -0.1) is 0 Å². The van der Waals surface area contributed by atoms with E-state index in [0.29, 0.717) is 24.7 Å². The molecule has 4 aromatic rings. The van der Waals surface area contributed by atoms with Gasteiger partial charge in [-0.2, -0.15) is 0 Å². The number of nitrogens with zero attached hydrogens (tertiary/aromatic N) is 2. The topological polar surface area (TPSA) is 149 Å². The summed E-state index contributed by atoms with van der Waals surface area (Å²) in [5.74, 6) is 2.32. The number of benzene rings is 2. The molecule has 12 nitrogen and oxygen atoms in total. The van der Waals surface area contributed by atoms with Crippen LogP contribution in [-0.4, -0.2) is 81.8 Å². The summed E-state index contributed by atoms with van der Waals surface area (Å²) in [6.07, 6.45) is 2.72. The number of carbonyl (C=O) groups is 4. The van der Waals surface area contributed by atoms with Crippen molar-refractivity contribution in [3.05, 3.63) is 58.4 Å². The molecule has 4 aliphatic heterocycles. The number of hydrogen-bond acceptors (Lipinski definition) is 6. The first kappa shape index (κ1) is 36.4. The number of aromatic nitrogens is 2. The molecule has 0 saturated carbocycles. The van der Waals surface area contributed by atoms with E-state index in [1.54, 1.807) is 28.1 Å². The summed E-state index contributed by atoms with van der Waals surface area (Å²) in [5.41, 5.74) is 7.48. The first-order chi connectivity index (χ1) is 25.2. The van der Waals surface area contributed by atoms with E-state index in [-0.39, 0.29) is 35.7 Å². The lowest BCUT2D eigenvalue weighted by atomic mass is 9.85. The second-order valence-corrected chi connectivity index (χ2v) is 16.0. The van der Waals surface area contributed by atoms with Crippen molar-refractivity contribution < 1.29 is 28.7 Å². The second kappa shape index (κ2) is 13.8. The van der Waals surface area contributed by atoms with Crippen LogP contribution in [0.5, 0.6) is 11.5 Å². The van der Waals surface area contributed by atoms with Crippen molar-refractivity contribution in [2.45, 2.75) is 110 Å². The molecule has 282 valence electrons. The van der Waals surface area contributed by atoms with Crippen LogP contribution in [0.4, 0.5) is 0 Å². The lowest BCUT2D eigenvalue weighted by molar-refractivity contribution is -0.153. The maximum Gasteiger partial charge on any atom is 0.246 e. The minimum absolute atomic E-state index is 0.00198. The molecule has 0 unspecified atom stereocenters. The number of hydrogen-bond donors (Lipinski definition) is 4. The molecule has 4 amide bonds. The van der Waals surface area contributed by atoms with Crippen molar-refractivity contribution in [3.63, 3.8) is 0 Å². The highest BCUT2D eigenvalue weighted by atomic mass is 16.5. The first-order valence-electron chi connectivity index (χ1n) is 18.8. The molecular weight excluding hydrogens is 672 g/mol. The maximum absolute atomic E-state index is 13.0. The summed E-state index contributed by atoms with van der Waals surface area (Å²) in [6.45, 7) is 14.1. The van der Waals surface area contributed by atoms with Gasteiger partial charge in [-0.25, -0.2) is 0 Å². The Kier molecular flexibility index (Phi) is 9.44. The molecule has 4 N–H and O–H groups in total. The molecule has 6 atom stereocenters. The van der Waals surface area contributed by atoms with E-state index in [4.69, 9.17) is 9.47 Å². The third kappa shape index (κ3) is 6.19. The van der Waals surface area contributed by atoms with E-state index in [0.717, 1.165) is 74.2 Å². The average molecular weight is 725 g/mol. The van der Waals surface area contributed by atoms with Gasteiger partial charge in [0.05, 0.1) is 26.3 Å². The van der Waals surface area contributed by atoms with Gasteiger partial charge < -0.3 is 39.9 Å². The Morgan fingerprint density at radius 2 is 1.19 bits per heavy atom. The van der Waals surface area contributed by atoms with Gasteiger partial charge in [0.15, 0.2) is 0 Å². The fraction of sp³-hybridized carbons (Fsp3) is 0.512. The number of piperazine rings is 2. The maximum atomic E-state index is 13.0. The lowest BCUT2D eigenvalue weighted by Gasteiger charge is -2.46. The zero-order valence-corrected chi connectivity index (χ0v) is 32.2. The van der Waals surface area contributed by atoms with Gasteiger partial charge in [0.1, 0.15) is 35.7 Å². The van der Waals surface area contributed by atoms with Crippen molar-refractivity contribution in [2.24, 2.45) is 11.8 Å².